The van der Waals surface area contributed by atoms with Crippen LogP contribution in [-0.2, 0) is 26.0 Å². The highest BCUT2D eigenvalue weighted by Crippen LogP contribution is 2.13. The van der Waals surface area contributed by atoms with Gasteiger partial charge in [0, 0.05) is 0 Å². The van der Waals surface area contributed by atoms with Gasteiger partial charge in [0.25, 0.3) is 0 Å². The number of aliphatic carboxylic acids is 2. The van der Waals surface area contributed by atoms with Crippen LogP contribution in [0.1, 0.15) is 25.3 Å². The topological polar surface area (TPSA) is 121 Å². The third-order valence-corrected chi connectivity index (χ3v) is 4.23. The maximum atomic E-state index is 12.0. The zero-order valence-corrected chi connectivity index (χ0v) is 12.3. The summed E-state index contributed by atoms with van der Waals surface area (Å²) in [6.07, 6.45) is 0.900. The van der Waals surface area contributed by atoms with E-state index < -0.39 is 34.4 Å². The van der Waals surface area contributed by atoms with Crippen LogP contribution in [0, 0.1) is 0 Å². The lowest BCUT2D eigenvalue weighted by molar-refractivity contribution is -0.145. The fourth-order valence-electron chi connectivity index (χ4n) is 1.73. The van der Waals surface area contributed by atoms with E-state index in [1.807, 2.05) is 11.6 Å². The highest BCUT2D eigenvalue weighted by Gasteiger charge is 2.27. The fraction of sp³-hybridized carbons (Fsp3) is 0.385. The number of aryl methyl sites for hydroxylation is 1. The first-order chi connectivity index (χ1) is 9.76. The minimum atomic E-state index is -4.08. The van der Waals surface area contributed by atoms with Crippen LogP contribution in [0.15, 0.2) is 29.2 Å². The van der Waals surface area contributed by atoms with Gasteiger partial charge in [0.2, 0.25) is 10.0 Å². The van der Waals surface area contributed by atoms with Gasteiger partial charge in [-0.05, 0) is 24.1 Å². The van der Waals surface area contributed by atoms with Gasteiger partial charge in [0.05, 0.1) is 11.3 Å². The molecule has 1 rings (SSSR count). The Labute approximate surface area is 122 Å². The molecule has 0 amide bonds. The number of hydrogen-bond acceptors (Lipinski definition) is 4. The molecule has 0 saturated heterocycles. The SMILES string of the molecule is CCCc1ccc(S(=O)(=O)N[C@H](CC(=O)O)C(=O)O)cc1. The van der Waals surface area contributed by atoms with Gasteiger partial charge in [-0.2, -0.15) is 4.72 Å². The number of sulfonamides is 1. The van der Waals surface area contributed by atoms with Crippen molar-refractivity contribution in [2.75, 3.05) is 0 Å². The summed E-state index contributed by atoms with van der Waals surface area (Å²) in [4.78, 5) is 21.3. The van der Waals surface area contributed by atoms with E-state index in [0.717, 1.165) is 18.4 Å². The Morgan fingerprint density at radius 3 is 2.19 bits per heavy atom. The monoisotopic (exact) mass is 315 g/mol. The predicted molar refractivity (Wildman–Crippen MR) is 74.4 cm³/mol. The Kier molecular flexibility index (Phi) is 5.86. The number of benzene rings is 1. The van der Waals surface area contributed by atoms with Crippen LogP contribution in [0.2, 0.25) is 0 Å². The molecule has 0 saturated carbocycles. The van der Waals surface area contributed by atoms with Crippen molar-refractivity contribution >= 4 is 22.0 Å². The van der Waals surface area contributed by atoms with Crippen molar-refractivity contribution in [1.82, 2.24) is 4.72 Å². The van der Waals surface area contributed by atoms with Gasteiger partial charge in [0.15, 0.2) is 0 Å². The molecule has 0 aliphatic rings. The lowest BCUT2D eigenvalue weighted by Crippen LogP contribution is -2.42. The Morgan fingerprint density at radius 1 is 1.19 bits per heavy atom. The van der Waals surface area contributed by atoms with Crippen molar-refractivity contribution in [3.8, 4) is 0 Å². The van der Waals surface area contributed by atoms with Crippen molar-refractivity contribution in [3.05, 3.63) is 29.8 Å². The fourth-order valence-corrected chi connectivity index (χ4v) is 2.92. The Balaban J connectivity index is 2.93. The first-order valence-corrected chi connectivity index (χ1v) is 7.80. The van der Waals surface area contributed by atoms with E-state index in [0.29, 0.717) is 0 Å². The molecule has 1 aromatic carbocycles. The molecule has 21 heavy (non-hydrogen) atoms. The summed E-state index contributed by atoms with van der Waals surface area (Å²) in [5.41, 5.74) is 0.969. The second-order valence-electron chi connectivity index (χ2n) is 4.50. The minimum absolute atomic E-state index is 0.0982. The van der Waals surface area contributed by atoms with Gasteiger partial charge in [-0.15, -0.1) is 0 Å². The van der Waals surface area contributed by atoms with Crippen LogP contribution in [-0.4, -0.2) is 36.6 Å². The summed E-state index contributed by atoms with van der Waals surface area (Å²) in [5.74, 6) is -2.94. The van der Waals surface area contributed by atoms with E-state index in [2.05, 4.69) is 0 Å². The van der Waals surface area contributed by atoms with Gasteiger partial charge in [-0.3, -0.25) is 9.59 Å². The van der Waals surface area contributed by atoms with Crippen molar-refractivity contribution in [2.45, 2.75) is 37.1 Å². The van der Waals surface area contributed by atoms with Gasteiger partial charge < -0.3 is 10.2 Å². The molecule has 1 aromatic rings. The first kappa shape index (κ1) is 17.1. The Hall–Kier alpha value is -1.93. The number of hydrogen-bond donors (Lipinski definition) is 3. The van der Waals surface area contributed by atoms with Crippen LogP contribution >= 0.6 is 0 Å². The zero-order valence-electron chi connectivity index (χ0n) is 11.4. The van der Waals surface area contributed by atoms with Crippen LogP contribution in [0.5, 0.6) is 0 Å². The first-order valence-electron chi connectivity index (χ1n) is 6.32. The maximum Gasteiger partial charge on any atom is 0.322 e. The van der Waals surface area contributed by atoms with Crippen molar-refractivity contribution in [2.24, 2.45) is 0 Å². The molecule has 116 valence electrons. The molecular weight excluding hydrogens is 298 g/mol. The molecule has 0 fully saturated rings. The molecule has 8 heteroatoms. The van der Waals surface area contributed by atoms with E-state index >= 15 is 0 Å². The molecule has 0 heterocycles. The third-order valence-electron chi connectivity index (χ3n) is 2.75. The molecule has 0 aromatic heterocycles. The average molecular weight is 315 g/mol. The van der Waals surface area contributed by atoms with E-state index in [1.54, 1.807) is 12.1 Å². The van der Waals surface area contributed by atoms with Crippen LogP contribution in [0.25, 0.3) is 0 Å². The van der Waals surface area contributed by atoms with E-state index in [4.69, 9.17) is 10.2 Å². The van der Waals surface area contributed by atoms with E-state index in [-0.39, 0.29) is 4.90 Å². The standard InChI is InChI=1S/C13H17NO6S/c1-2-3-9-4-6-10(7-5-9)21(19,20)14-11(13(17)18)8-12(15)16/h4-7,11,14H,2-3,8H2,1H3,(H,15,16)(H,17,18)/t11-/m1/s1. The number of rotatable bonds is 8. The molecule has 3 N–H and O–H groups in total. The highest BCUT2D eigenvalue weighted by atomic mass is 32.2. The van der Waals surface area contributed by atoms with E-state index in [1.165, 1.54) is 12.1 Å². The highest BCUT2D eigenvalue weighted by molar-refractivity contribution is 7.89. The minimum Gasteiger partial charge on any atom is -0.481 e. The maximum absolute atomic E-state index is 12.0. The summed E-state index contributed by atoms with van der Waals surface area (Å²) in [7, 11) is -4.08. The molecular formula is C13H17NO6S. The van der Waals surface area contributed by atoms with Crippen molar-refractivity contribution < 1.29 is 28.2 Å². The quantitative estimate of drug-likeness (QED) is 0.654. The Morgan fingerprint density at radius 2 is 1.76 bits per heavy atom. The van der Waals surface area contributed by atoms with Crippen LogP contribution in [0.4, 0.5) is 0 Å². The van der Waals surface area contributed by atoms with Gasteiger partial charge in [-0.25, -0.2) is 8.42 Å². The summed E-state index contributed by atoms with van der Waals surface area (Å²) >= 11 is 0. The van der Waals surface area contributed by atoms with Crippen molar-refractivity contribution in [1.29, 1.82) is 0 Å². The number of carboxylic acid groups (broad SMARTS) is 2. The molecule has 1 atom stereocenters. The smallest absolute Gasteiger partial charge is 0.322 e. The van der Waals surface area contributed by atoms with Gasteiger partial charge >= 0.3 is 11.9 Å². The third kappa shape index (κ3) is 5.16. The lowest BCUT2D eigenvalue weighted by atomic mass is 10.1. The summed E-state index contributed by atoms with van der Waals surface area (Å²) in [6, 6.07) is 4.32. The summed E-state index contributed by atoms with van der Waals surface area (Å²) in [5, 5.41) is 17.5. The normalized spacial score (nSPS) is 12.8. The van der Waals surface area contributed by atoms with Crippen molar-refractivity contribution in [3.63, 3.8) is 0 Å². The number of nitrogens with one attached hydrogen (secondary N) is 1. The number of carbonyl (C=O) groups is 2. The molecule has 0 spiro atoms. The summed E-state index contributed by atoms with van der Waals surface area (Å²) in [6.45, 7) is 2.00. The lowest BCUT2D eigenvalue weighted by Gasteiger charge is -2.13. The Bertz CT molecular complexity index is 608. The molecule has 0 bridgehead atoms. The number of carboxylic acids is 2. The average Bonchev–Trinajstić information content (AvgIpc) is 2.38. The predicted octanol–water partition coefficient (Wildman–Crippen LogP) is 0.845. The second-order valence-corrected chi connectivity index (χ2v) is 6.22. The molecule has 0 aliphatic heterocycles. The largest absolute Gasteiger partial charge is 0.481 e. The van der Waals surface area contributed by atoms with Crippen LogP contribution in [0.3, 0.4) is 0 Å². The molecule has 0 radical (unpaired) electrons. The van der Waals surface area contributed by atoms with Gasteiger partial charge in [-0.1, -0.05) is 25.5 Å². The second kappa shape index (κ2) is 7.19. The zero-order chi connectivity index (χ0) is 16.0. The molecule has 0 aliphatic carbocycles. The summed E-state index contributed by atoms with van der Waals surface area (Å²) < 4.78 is 25.9. The van der Waals surface area contributed by atoms with Crippen LogP contribution < -0.4 is 4.72 Å². The molecule has 0 unspecified atom stereocenters. The van der Waals surface area contributed by atoms with E-state index in [9.17, 15) is 18.0 Å². The van der Waals surface area contributed by atoms with Gasteiger partial charge in [0.1, 0.15) is 6.04 Å². The molecule has 7 nitrogen and oxygen atoms in total.